The Hall–Kier alpha value is -2.61. The Morgan fingerprint density at radius 2 is 2.16 bits per heavy atom. The Morgan fingerprint density at radius 1 is 1.36 bits per heavy atom. The van der Waals surface area contributed by atoms with Crippen molar-refractivity contribution in [1.82, 2.24) is 15.6 Å². The maximum absolute atomic E-state index is 12.2. The Balaban J connectivity index is 1.64. The number of carbonyl (C=O) groups excluding carboxylic acids is 2. The van der Waals surface area contributed by atoms with Gasteiger partial charge in [-0.2, -0.15) is 0 Å². The molecule has 3 N–H and O–H groups in total. The van der Waals surface area contributed by atoms with Gasteiger partial charge in [0.25, 0.3) is 5.91 Å². The van der Waals surface area contributed by atoms with Crippen molar-refractivity contribution in [3.8, 4) is 5.75 Å². The fourth-order valence-electron chi connectivity index (χ4n) is 2.27. The molecule has 0 bridgehead atoms. The van der Waals surface area contributed by atoms with E-state index in [1.807, 2.05) is 12.3 Å². The summed E-state index contributed by atoms with van der Waals surface area (Å²) < 4.78 is 5.26. The predicted octanol–water partition coefficient (Wildman–Crippen LogP) is 2.67. The summed E-state index contributed by atoms with van der Waals surface area (Å²) >= 11 is 1.53. The molecule has 1 aliphatic rings. The van der Waals surface area contributed by atoms with Crippen LogP contribution in [0.2, 0.25) is 0 Å². The second-order valence-electron chi connectivity index (χ2n) is 5.83. The molecule has 3 amide bonds. The van der Waals surface area contributed by atoms with Crippen molar-refractivity contribution in [2.75, 3.05) is 12.4 Å². The summed E-state index contributed by atoms with van der Waals surface area (Å²) in [7, 11) is 1.51. The number of aryl methyl sites for hydroxylation is 1. The zero-order valence-corrected chi connectivity index (χ0v) is 14.9. The van der Waals surface area contributed by atoms with Gasteiger partial charge in [0.05, 0.1) is 30.0 Å². The minimum Gasteiger partial charge on any atom is -0.495 e. The number of nitrogens with one attached hydrogen (secondary N) is 3. The Kier molecular flexibility index (Phi) is 5.18. The molecule has 2 aromatic rings. The van der Waals surface area contributed by atoms with Gasteiger partial charge < -0.3 is 20.7 Å². The normalized spacial score (nSPS) is 13.2. The molecule has 1 aliphatic carbocycles. The number of amides is 3. The van der Waals surface area contributed by atoms with Crippen LogP contribution in [0.3, 0.4) is 0 Å². The first-order valence-electron chi connectivity index (χ1n) is 8.00. The summed E-state index contributed by atoms with van der Waals surface area (Å²) in [4.78, 5) is 28.6. The number of benzene rings is 1. The lowest BCUT2D eigenvalue weighted by molar-refractivity contribution is 0.0951. The number of rotatable bonds is 6. The molecule has 1 aromatic heterocycles. The van der Waals surface area contributed by atoms with Crippen molar-refractivity contribution < 1.29 is 14.3 Å². The largest absolute Gasteiger partial charge is 0.495 e. The fraction of sp³-hybridized carbons (Fsp3) is 0.353. The van der Waals surface area contributed by atoms with E-state index in [4.69, 9.17) is 4.74 Å². The molecule has 0 unspecified atom stereocenters. The second kappa shape index (κ2) is 7.52. The highest BCUT2D eigenvalue weighted by atomic mass is 32.1. The number of thiazole rings is 1. The third-order valence-electron chi connectivity index (χ3n) is 3.72. The third-order valence-corrected chi connectivity index (χ3v) is 4.54. The van der Waals surface area contributed by atoms with Crippen LogP contribution in [0.4, 0.5) is 10.5 Å². The van der Waals surface area contributed by atoms with Crippen LogP contribution in [-0.2, 0) is 6.54 Å². The molecular weight excluding hydrogens is 340 g/mol. The smallest absolute Gasteiger partial charge is 0.319 e. The molecule has 0 radical (unpaired) electrons. The number of nitrogens with zero attached hydrogens (tertiary/aromatic N) is 1. The van der Waals surface area contributed by atoms with Crippen LogP contribution in [0.1, 0.15) is 33.9 Å². The van der Waals surface area contributed by atoms with Crippen molar-refractivity contribution in [3.63, 3.8) is 0 Å². The van der Waals surface area contributed by atoms with Gasteiger partial charge in [-0.05, 0) is 38.0 Å². The van der Waals surface area contributed by atoms with Crippen LogP contribution in [0, 0.1) is 6.92 Å². The minimum atomic E-state index is -0.385. The summed E-state index contributed by atoms with van der Waals surface area (Å²) in [5, 5.41) is 11.2. The Labute approximate surface area is 149 Å². The first-order chi connectivity index (χ1) is 12.0. The number of hydrogen-bond donors (Lipinski definition) is 3. The van der Waals surface area contributed by atoms with Crippen molar-refractivity contribution in [3.05, 3.63) is 39.8 Å². The molecule has 0 atom stereocenters. The predicted molar refractivity (Wildman–Crippen MR) is 96.2 cm³/mol. The molecule has 7 nitrogen and oxygen atoms in total. The minimum absolute atomic E-state index is 0.147. The van der Waals surface area contributed by atoms with E-state index in [9.17, 15) is 9.59 Å². The van der Waals surface area contributed by atoms with Crippen LogP contribution < -0.4 is 20.7 Å². The van der Waals surface area contributed by atoms with Gasteiger partial charge >= 0.3 is 6.03 Å². The van der Waals surface area contributed by atoms with E-state index >= 15 is 0 Å². The summed E-state index contributed by atoms with van der Waals surface area (Å²) in [6.45, 7) is 2.25. The molecule has 0 saturated heterocycles. The van der Waals surface area contributed by atoms with E-state index in [0.29, 0.717) is 23.5 Å². The third kappa shape index (κ3) is 4.69. The van der Waals surface area contributed by atoms with Crippen LogP contribution in [0.25, 0.3) is 0 Å². The standard InChI is InChI=1S/C17H20N4O3S/c1-10-19-13(9-25-10)8-18-17(23)21-14-7-11(3-6-15(14)24-2)16(22)20-12-4-5-12/h3,6-7,9,12H,4-5,8H2,1-2H3,(H,20,22)(H2,18,21,23). The van der Waals surface area contributed by atoms with E-state index in [1.54, 1.807) is 18.2 Å². The number of urea groups is 1. The van der Waals surface area contributed by atoms with Gasteiger partial charge in [-0.25, -0.2) is 9.78 Å². The Morgan fingerprint density at radius 3 is 2.80 bits per heavy atom. The highest BCUT2D eigenvalue weighted by molar-refractivity contribution is 7.09. The lowest BCUT2D eigenvalue weighted by Gasteiger charge is -2.12. The van der Waals surface area contributed by atoms with Crippen molar-refractivity contribution in [1.29, 1.82) is 0 Å². The molecule has 25 heavy (non-hydrogen) atoms. The van der Waals surface area contributed by atoms with Crippen LogP contribution in [-0.4, -0.2) is 30.1 Å². The first kappa shape index (κ1) is 17.2. The number of methoxy groups -OCH3 is 1. The highest BCUT2D eigenvalue weighted by Gasteiger charge is 2.24. The topological polar surface area (TPSA) is 92.4 Å². The van der Waals surface area contributed by atoms with E-state index in [0.717, 1.165) is 23.5 Å². The molecule has 1 fully saturated rings. The monoisotopic (exact) mass is 360 g/mol. The molecule has 0 spiro atoms. The SMILES string of the molecule is COc1ccc(C(=O)NC2CC2)cc1NC(=O)NCc1csc(C)n1. The van der Waals surface area contributed by atoms with Crippen LogP contribution in [0.15, 0.2) is 23.6 Å². The van der Waals surface area contributed by atoms with E-state index in [-0.39, 0.29) is 18.0 Å². The van der Waals surface area contributed by atoms with Gasteiger partial charge in [0.2, 0.25) is 0 Å². The van der Waals surface area contributed by atoms with Crippen LogP contribution >= 0.6 is 11.3 Å². The second-order valence-corrected chi connectivity index (χ2v) is 6.89. The quantitative estimate of drug-likeness (QED) is 0.738. The van der Waals surface area contributed by atoms with Gasteiger partial charge in [-0.15, -0.1) is 11.3 Å². The molecule has 132 valence electrons. The number of hydrogen-bond acceptors (Lipinski definition) is 5. The summed E-state index contributed by atoms with van der Waals surface area (Å²) in [6.07, 6.45) is 2.04. The van der Waals surface area contributed by atoms with Gasteiger partial charge in [0, 0.05) is 17.0 Å². The molecule has 0 aliphatic heterocycles. The van der Waals surface area contributed by atoms with E-state index in [2.05, 4.69) is 20.9 Å². The maximum atomic E-state index is 12.2. The highest BCUT2D eigenvalue weighted by Crippen LogP contribution is 2.26. The number of anilines is 1. The van der Waals surface area contributed by atoms with Gasteiger partial charge in [-0.1, -0.05) is 0 Å². The number of carbonyl (C=O) groups is 2. The average molecular weight is 360 g/mol. The summed E-state index contributed by atoms with van der Waals surface area (Å²) in [5.41, 5.74) is 1.73. The van der Waals surface area contributed by atoms with E-state index < -0.39 is 0 Å². The molecule has 3 rings (SSSR count). The summed E-state index contributed by atoms with van der Waals surface area (Å²) in [6, 6.07) is 4.85. The van der Waals surface area contributed by atoms with Crippen molar-refractivity contribution >= 4 is 29.0 Å². The van der Waals surface area contributed by atoms with E-state index in [1.165, 1.54) is 18.4 Å². The van der Waals surface area contributed by atoms with Gasteiger partial charge in [-0.3, -0.25) is 4.79 Å². The molecule has 1 heterocycles. The van der Waals surface area contributed by atoms with Gasteiger partial charge in [0.1, 0.15) is 5.75 Å². The molecule has 1 saturated carbocycles. The lowest BCUT2D eigenvalue weighted by Crippen LogP contribution is -2.29. The number of aromatic nitrogens is 1. The maximum Gasteiger partial charge on any atom is 0.319 e. The molecule has 8 heteroatoms. The number of ether oxygens (including phenoxy) is 1. The van der Waals surface area contributed by atoms with Crippen molar-refractivity contribution in [2.45, 2.75) is 32.4 Å². The van der Waals surface area contributed by atoms with Crippen LogP contribution in [0.5, 0.6) is 5.75 Å². The zero-order chi connectivity index (χ0) is 17.8. The first-order valence-corrected chi connectivity index (χ1v) is 8.88. The van der Waals surface area contributed by atoms with Gasteiger partial charge in [0.15, 0.2) is 0 Å². The molecular formula is C17H20N4O3S. The summed E-state index contributed by atoms with van der Waals surface area (Å²) in [5.74, 6) is 0.342. The zero-order valence-electron chi connectivity index (χ0n) is 14.1. The Bertz CT molecular complexity index is 786. The molecule has 1 aromatic carbocycles. The van der Waals surface area contributed by atoms with Crippen molar-refractivity contribution in [2.24, 2.45) is 0 Å². The fourth-order valence-corrected chi connectivity index (χ4v) is 2.88. The lowest BCUT2D eigenvalue weighted by atomic mass is 10.1. The average Bonchev–Trinajstić information content (AvgIpc) is 3.31.